The number of amides is 1. The molecule has 1 aliphatic carbocycles. The van der Waals surface area contributed by atoms with Crippen LogP contribution in [-0.4, -0.2) is 23.5 Å². The molecular formula is C23H21FN2O3. The molecule has 148 valence electrons. The van der Waals surface area contributed by atoms with Crippen LogP contribution in [0.4, 0.5) is 4.39 Å². The zero-order valence-electron chi connectivity index (χ0n) is 15.9. The molecule has 0 bridgehead atoms. The van der Waals surface area contributed by atoms with Crippen LogP contribution >= 0.6 is 0 Å². The van der Waals surface area contributed by atoms with Crippen LogP contribution in [0.2, 0.25) is 0 Å². The van der Waals surface area contributed by atoms with E-state index in [1.165, 1.54) is 6.07 Å². The minimum atomic E-state index is -0.525. The van der Waals surface area contributed by atoms with Crippen molar-refractivity contribution in [1.29, 1.82) is 0 Å². The summed E-state index contributed by atoms with van der Waals surface area (Å²) in [7, 11) is 0. The first kappa shape index (κ1) is 19.1. The average molecular weight is 392 g/mol. The van der Waals surface area contributed by atoms with Crippen molar-refractivity contribution in [3.63, 3.8) is 0 Å². The van der Waals surface area contributed by atoms with Crippen molar-refractivity contribution in [1.82, 2.24) is 10.3 Å². The Morgan fingerprint density at radius 1 is 1.03 bits per heavy atom. The van der Waals surface area contributed by atoms with E-state index in [1.807, 2.05) is 24.3 Å². The van der Waals surface area contributed by atoms with Crippen molar-refractivity contribution >= 4 is 22.8 Å². The second-order valence-corrected chi connectivity index (χ2v) is 7.08. The Balaban J connectivity index is 1.48. The van der Waals surface area contributed by atoms with Gasteiger partial charge in [-0.15, -0.1) is 0 Å². The molecule has 2 aromatic carbocycles. The summed E-state index contributed by atoms with van der Waals surface area (Å²) in [4.78, 5) is 29.7. The number of benzene rings is 2. The number of para-hydroxylation sites is 1. The van der Waals surface area contributed by atoms with Gasteiger partial charge >= 0.3 is 5.97 Å². The van der Waals surface area contributed by atoms with Crippen LogP contribution < -0.4 is 5.32 Å². The largest absolute Gasteiger partial charge is 0.452 e. The van der Waals surface area contributed by atoms with Gasteiger partial charge in [-0.2, -0.15) is 0 Å². The van der Waals surface area contributed by atoms with E-state index in [0.29, 0.717) is 11.1 Å². The Labute approximate surface area is 167 Å². The van der Waals surface area contributed by atoms with E-state index in [9.17, 15) is 14.0 Å². The van der Waals surface area contributed by atoms with Crippen molar-refractivity contribution in [3.8, 4) is 0 Å². The number of carbonyl (C=O) groups is 2. The normalized spacial score (nSPS) is 13.0. The van der Waals surface area contributed by atoms with Crippen LogP contribution in [0.3, 0.4) is 0 Å². The zero-order valence-corrected chi connectivity index (χ0v) is 15.9. The average Bonchev–Trinajstić information content (AvgIpc) is 2.75. The van der Waals surface area contributed by atoms with E-state index < -0.39 is 18.5 Å². The molecule has 29 heavy (non-hydrogen) atoms. The van der Waals surface area contributed by atoms with Crippen LogP contribution in [0.15, 0.2) is 48.5 Å². The second kappa shape index (κ2) is 8.39. The van der Waals surface area contributed by atoms with Crippen molar-refractivity contribution in [2.75, 3.05) is 6.61 Å². The number of halogens is 1. The molecular weight excluding hydrogens is 371 g/mol. The number of fused-ring (bicyclic) bond motifs is 2. The highest BCUT2D eigenvalue weighted by atomic mass is 19.1. The minimum absolute atomic E-state index is 0.0383. The molecule has 1 N–H and O–H groups in total. The Hall–Kier alpha value is -3.28. The van der Waals surface area contributed by atoms with E-state index in [4.69, 9.17) is 9.72 Å². The summed E-state index contributed by atoms with van der Waals surface area (Å²) in [6.45, 7) is -0.380. The third-order valence-electron chi connectivity index (χ3n) is 5.14. The van der Waals surface area contributed by atoms with E-state index in [2.05, 4.69) is 5.32 Å². The van der Waals surface area contributed by atoms with Crippen LogP contribution in [0, 0.1) is 5.82 Å². The van der Waals surface area contributed by atoms with Gasteiger partial charge in [0.15, 0.2) is 6.61 Å². The van der Waals surface area contributed by atoms with E-state index in [0.717, 1.165) is 47.8 Å². The lowest BCUT2D eigenvalue weighted by atomic mass is 9.90. The van der Waals surface area contributed by atoms with Gasteiger partial charge in [-0.05, 0) is 43.4 Å². The summed E-state index contributed by atoms with van der Waals surface area (Å²) >= 11 is 0. The maximum atomic E-state index is 13.6. The van der Waals surface area contributed by atoms with Gasteiger partial charge in [-0.3, -0.25) is 9.78 Å². The first-order valence-corrected chi connectivity index (χ1v) is 9.71. The third kappa shape index (κ3) is 4.11. The van der Waals surface area contributed by atoms with E-state index >= 15 is 0 Å². The number of aromatic nitrogens is 1. The van der Waals surface area contributed by atoms with Gasteiger partial charge in [0.05, 0.1) is 11.1 Å². The molecule has 0 saturated heterocycles. The van der Waals surface area contributed by atoms with Gasteiger partial charge in [0.2, 0.25) is 0 Å². The second-order valence-electron chi connectivity index (χ2n) is 7.08. The minimum Gasteiger partial charge on any atom is -0.452 e. The molecule has 1 aliphatic rings. The molecule has 0 saturated carbocycles. The number of hydrogen-bond acceptors (Lipinski definition) is 4. The van der Waals surface area contributed by atoms with Crippen molar-refractivity contribution in [2.24, 2.45) is 0 Å². The van der Waals surface area contributed by atoms with Crippen molar-refractivity contribution in [3.05, 3.63) is 76.7 Å². The predicted octanol–water partition coefficient (Wildman–Crippen LogP) is 3.73. The number of hydrogen-bond donors (Lipinski definition) is 1. The fraction of sp³-hybridized carbons (Fsp3) is 0.261. The molecule has 0 aliphatic heterocycles. The maximum Gasteiger partial charge on any atom is 0.339 e. The summed E-state index contributed by atoms with van der Waals surface area (Å²) in [5.74, 6) is -1.39. The first-order chi connectivity index (χ1) is 14.1. The highest BCUT2D eigenvalue weighted by Crippen LogP contribution is 2.29. The highest BCUT2D eigenvalue weighted by Gasteiger charge is 2.24. The van der Waals surface area contributed by atoms with Crippen molar-refractivity contribution < 1.29 is 18.7 Å². The molecule has 0 fully saturated rings. The molecule has 4 rings (SSSR count). The number of ether oxygens (including phenoxy) is 1. The maximum absolute atomic E-state index is 13.6. The van der Waals surface area contributed by atoms with Gasteiger partial charge in [-0.25, -0.2) is 9.18 Å². The number of rotatable bonds is 5. The van der Waals surface area contributed by atoms with Crippen LogP contribution in [-0.2, 0) is 28.9 Å². The van der Waals surface area contributed by atoms with Crippen LogP contribution in [0.1, 0.15) is 40.0 Å². The topological polar surface area (TPSA) is 68.3 Å². The van der Waals surface area contributed by atoms with Gasteiger partial charge in [0.25, 0.3) is 5.91 Å². The van der Waals surface area contributed by atoms with Gasteiger partial charge in [0, 0.05) is 23.2 Å². The summed E-state index contributed by atoms with van der Waals surface area (Å²) in [5, 5.41) is 3.32. The fourth-order valence-electron chi connectivity index (χ4n) is 3.70. The molecule has 0 radical (unpaired) electrons. The Kier molecular flexibility index (Phi) is 5.51. The molecule has 5 nitrogen and oxygen atoms in total. The summed E-state index contributed by atoms with van der Waals surface area (Å²) in [6.07, 6.45) is 3.66. The summed E-state index contributed by atoms with van der Waals surface area (Å²) < 4.78 is 19.0. The lowest BCUT2D eigenvalue weighted by molar-refractivity contribution is -0.124. The number of aryl methyl sites for hydroxylation is 1. The monoisotopic (exact) mass is 392 g/mol. The Morgan fingerprint density at radius 3 is 2.66 bits per heavy atom. The predicted molar refractivity (Wildman–Crippen MR) is 107 cm³/mol. The zero-order chi connectivity index (χ0) is 20.2. The Bertz CT molecular complexity index is 1080. The molecule has 6 heteroatoms. The number of pyridine rings is 1. The molecule has 0 unspecified atom stereocenters. The Morgan fingerprint density at radius 2 is 1.79 bits per heavy atom. The molecule has 1 aromatic heterocycles. The van der Waals surface area contributed by atoms with E-state index in [-0.39, 0.29) is 12.4 Å². The van der Waals surface area contributed by atoms with Crippen molar-refractivity contribution in [2.45, 2.75) is 32.2 Å². The van der Waals surface area contributed by atoms with Gasteiger partial charge < -0.3 is 10.1 Å². The van der Waals surface area contributed by atoms with Crippen LogP contribution in [0.25, 0.3) is 10.9 Å². The fourth-order valence-corrected chi connectivity index (χ4v) is 3.70. The van der Waals surface area contributed by atoms with Gasteiger partial charge in [0.1, 0.15) is 5.82 Å². The van der Waals surface area contributed by atoms with E-state index in [1.54, 1.807) is 18.2 Å². The third-order valence-corrected chi connectivity index (χ3v) is 5.14. The highest BCUT2D eigenvalue weighted by molar-refractivity contribution is 6.05. The lowest BCUT2D eigenvalue weighted by Crippen LogP contribution is -2.29. The number of nitrogens with one attached hydrogen (secondary N) is 1. The molecule has 3 aromatic rings. The number of esters is 1. The summed E-state index contributed by atoms with van der Waals surface area (Å²) in [6, 6.07) is 13.7. The SMILES string of the molecule is O=C(COC(=O)c1c2c(nc3ccccc13)CCCC2)NCc1ccccc1F. The molecule has 1 amide bonds. The quantitative estimate of drug-likeness (QED) is 0.672. The molecule has 1 heterocycles. The smallest absolute Gasteiger partial charge is 0.339 e. The molecule has 0 atom stereocenters. The lowest BCUT2D eigenvalue weighted by Gasteiger charge is -2.19. The first-order valence-electron chi connectivity index (χ1n) is 9.71. The number of carbonyl (C=O) groups excluding carboxylic acids is 2. The van der Waals surface area contributed by atoms with Gasteiger partial charge in [-0.1, -0.05) is 36.4 Å². The van der Waals surface area contributed by atoms with Crippen LogP contribution in [0.5, 0.6) is 0 Å². The number of nitrogens with zero attached hydrogens (tertiary/aromatic N) is 1. The standard InChI is InChI=1S/C23H21FN2O3/c24-18-10-4-1-7-15(18)13-25-21(27)14-29-23(28)22-16-8-2-5-11-19(16)26-20-12-6-3-9-17(20)22/h1-2,4-5,7-8,10-11H,3,6,9,12-14H2,(H,25,27). The molecule has 0 spiro atoms. The summed E-state index contributed by atoms with van der Waals surface area (Å²) in [5.41, 5.74) is 3.50.